The number of urea groups is 1. The summed E-state index contributed by atoms with van der Waals surface area (Å²) in [4.78, 5) is 27.0. The second kappa shape index (κ2) is 6.40. The van der Waals surface area contributed by atoms with Crippen molar-refractivity contribution in [3.05, 3.63) is 35.7 Å². The Kier molecular flexibility index (Phi) is 4.06. The van der Waals surface area contributed by atoms with E-state index in [0.29, 0.717) is 36.7 Å². The predicted octanol–water partition coefficient (Wildman–Crippen LogP) is 1.20. The lowest BCUT2D eigenvalue weighted by atomic mass is 9.84. The lowest BCUT2D eigenvalue weighted by Gasteiger charge is -2.33. The third kappa shape index (κ3) is 2.51. The Bertz CT molecular complexity index is 851. The number of carbonyl (C=O) groups is 2. The molecule has 2 aliphatic rings. The number of tetrazole rings is 1. The van der Waals surface area contributed by atoms with E-state index in [9.17, 15) is 9.59 Å². The molecule has 2 aromatic rings. The standard InChI is InChI=1S/C17H20N6O3/c1-2-3-9-23-14(19-20-21-23)11-22-15(24)17(18-16(22)25)8-10-26-13-7-5-4-6-12(13)17/h4-7H,2-3,8-11H2,1H3,(H,18,25). The highest BCUT2D eigenvalue weighted by Crippen LogP contribution is 2.41. The molecule has 0 saturated carbocycles. The fraction of sp³-hybridized carbons (Fsp3) is 0.471. The predicted molar refractivity (Wildman–Crippen MR) is 90.0 cm³/mol. The first-order valence-electron chi connectivity index (χ1n) is 8.77. The molecule has 3 amide bonds. The number of nitrogens with one attached hydrogen (secondary N) is 1. The van der Waals surface area contributed by atoms with E-state index in [1.54, 1.807) is 4.68 Å². The summed E-state index contributed by atoms with van der Waals surface area (Å²) in [7, 11) is 0. The average molecular weight is 356 g/mol. The Hall–Kier alpha value is -2.97. The van der Waals surface area contributed by atoms with Gasteiger partial charge in [0.15, 0.2) is 11.4 Å². The monoisotopic (exact) mass is 356 g/mol. The van der Waals surface area contributed by atoms with Crippen LogP contribution in [0.3, 0.4) is 0 Å². The number of rotatable bonds is 5. The number of hydrogen-bond acceptors (Lipinski definition) is 6. The van der Waals surface area contributed by atoms with Crippen LogP contribution in [0.15, 0.2) is 24.3 Å². The maximum Gasteiger partial charge on any atom is 0.325 e. The quantitative estimate of drug-likeness (QED) is 0.808. The van der Waals surface area contributed by atoms with Crippen LogP contribution in [0.4, 0.5) is 4.79 Å². The molecule has 3 heterocycles. The van der Waals surface area contributed by atoms with E-state index >= 15 is 0 Å². The first-order valence-corrected chi connectivity index (χ1v) is 8.77. The molecule has 1 N–H and O–H groups in total. The molecule has 1 atom stereocenters. The van der Waals surface area contributed by atoms with E-state index in [0.717, 1.165) is 12.8 Å². The van der Waals surface area contributed by atoms with Crippen molar-refractivity contribution in [1.82, 2.24) is 30.4 Å². The maximum absolute atomic E-state index is 13.2. The zero-order chi connectivity index (χ0) is 18.1. The largest absolute Gasteiger partial charge is 0.493 e. The molecule has 2 aliphatic heterocycles. The van der Waals surface area contributed by atoms with Crippen LogP contribution in [0.25, 0.3) is 0 Å². The van der Waals surface area contributed by atoms with Crippen LogP contribution >= 0.6 is 0 Å². The molecular formula is C17H20N6O3. The molecule has 1 spiro atoms. The molecule has 1 aromatic heterocycles. The summed E-state index contributed by atoms with van der Waals surface area (Å²) in [6.45, 7) is 3.15. The lowest BCUT2D eigenvalue weighted by molar-refractivity contribution is -0.133. The number of aryl methyl sites for hydroxylation is 1. The number of amides is 3. The van der Waals surface area contributed by atoms with E-state index in [4.69, 9.17) is 4.74 Å². The molecule has 1 unspecified atom stereocenters. The first kappa shape index (κ1) is 16.5. The summed E-state index contributed by atoms with van der Waals surface area (Å²) < 4.78 is 7.29. The molecule has 1 aromatic carbocycles. The highest BCUT2D eigenvalue weighted by atomic mass is 16.5. The van der Waals surface area contributed by atoms with Crippen LogP contribution in [0.5, 0.6) is 5.75 Å². The smallest absolute Gasteiger partial charge is 0.325 e. The summed E-state index contributed by atoms with van der Waals surface area (Å²) in [5.74, 6) is 0.838. The van der Waals surface area contributed by atoms with E-state index < -0.39 is 11.6 Å². The fourth-order valence-corrected chi connectivity index (χ4v) is 3.47. The van der Waals surface area contributed by atoms with Crippen LogP contribution < -0.4 is 10.1 Å². The van der Waals surface area contributed by atoms with Crippen LogP contribution in [0.2, 0.25) is 0 Å². The van der Waals surface area contributed by atoms with Crippen molar-refractivity contribution < 1.29 is 14.3 Å². The third-order valence-corrected chi connectivity index (χ3v) is 4.89. The number of unbranched alkanes of at least 4 members (excludes halogenated alkanes) is 1. The number of para-hydroxylation sites is 1. The van der Waals surface area contributed by atoms with Crippen molar-refractivity contribution >= 4 is 11.9 Å². The maximum atomic E-state index is 13.2. The normalized spacial score (nSPS) is 21.7. The number of imide groups is 1. The van der Waals surface area contributed by atoms with Gasteiger partial charge in [0.1, 0.15) is 5.75 Å². The van der Waals surface area contributed by atoms with Gasteiger partial charge in [-0.1, -0.05) is 31.5 Å². The van der Waals surface area contributed by atoms with Gasteiger partial charge in [0, 0.05) is 18.5 Å². The van der Waals surface area contributed by atoms with Crippen molar-refractivity contribution in [2.45, 2.75) is 44.8 Å². The highest BCUT2D eigenvalue weighted by molar-refractivity contribution is 6.07. The molecule has 1 saturated heterocycles. The van der Waals surface area contributed by atoms with Crippen molar-refractivity contribution in [3.63, 3.8) is 0 Å². The topological polar surface area (TPSA) is 102 Å². The zero-order valence-electron chi connectivity index (χ0n) is 14.5. The van der Waals surface area contributed by atoms with Gasteiger partial charge in [-0.25, -0.2) is 9.48 Å². The van der Waals surface area contributed by atoms with E-state index in [1.165, 1.54) is 4.90 Å². The highest BCUT2D eigenvalue weighted by Gasteiger charge is 2.55. The molecule has 26 heavy (non-hydrogen) atoms. The zero-order valence-corrected chi connectivity index (χ0v) is 14.5. The SMILES string of the molecule is CCCCn1nnnc1CN1C(=O)NC2(CCOc3ccccc32)C1=O. The number of fused-ring (bicyclic) bond motifs is 2. The average Bonchev–Trinajstić information content (AvgIpc) is 3.19. The Morgan fingerprint density at radius 3 is 3.00 bits per heavy atom. The van der Waals surface area contributed by atoms with Gasteiger partial charge in [0.2, 0.25) is 0 Å². The number of ether oxygens (including phenoxy) is 1. The van der Waals surface area contributed by atoms with Gasteiger partial charge in [-0.2, -0.15) is 0 Å². The van der Waals surface area contributed by atoms with Crippen molar-refractivity contribution in [3.8, 4) is 5.75 Å². The Morgan fingerprint density at radius 1 is 1.31 bits per heavy atom. The Labute approximate surface area is 150 Å². The fourth-order valence-electron chi connectivity index (χ4n) is 3.47. The minimum absolute atomic E-state index is 0.0478. The van der Waals surface area contributed by atoms with E-state index in [2.05, 4.69) is 27.8 Å². The van der Waals surface area contributed by atoms with Gasteiger partial charge in [-0.3, -0.25) is 9.69 Å². The number of carbonyl (C=O) groups excluding carboxylic acids is 2. The van der Waals surface area contributed by atoms with Gasteiger partial charge in [0.05, 0.1) is 13.2 Å². The molecule has 0 bridgehead atoms. The summed E-state index contributed by atoms with van der Waals surface area (Å²) in [5, 5.41) is 14.5. The van der Waals surface area contributed by atoms with Crippen molar-refractivity contribution in [1.29, 1.82) is 0 Å². The number of aromatic nitrogens is 4. The summed E-state index contributed by atoms with van der Waals surface area (Å²) in [6, 6.07) is 6.88. The molecule has 1 fully saturated rings. The number of hydrogen-bond donors (Lipinski definition) is 1. The number of nitrogens with zero attached hydrogens (tertiary/aromatic N) is 5. The van der Waals surface area contributed by atoms with Gasteiger partial charge < -0.3 is 10.1 Å². The second-order valence-electron chi connectivity index (χ2n) is 6.49. The van der Waals surface area contributed by atoms with Crippen LogP contribution in [-0.4, -0.2) is 43.7 Å². The van der Waals surface area contributed by atoms with Gasteiger partial charge in [-0.15, -0.1) is 5.10 Å². The van der Waals surface area contributed by atoms with Crippen molar-refractivity contribution in [2.24, 2.45) is 0 Å². The molecule has 9 heteroatoms. The first-order chi connectivity index (χ1) is 12.7. The summed E-state index contributed by atoms with van der Waals surface area (Å²) >= 11 is 0. The Morgan fingerprint density at radius 2 is 2.15 bits per heavy atom. The van der Waals surface area contributed by atoms with Gasteiger partial charge in [-0.05, 0) is 22.9 Å². The van der Waals surface area contributed by atoms with Crippen LogP contribution in [0, 0.1) is 0 Å². The van der Waals surface area contributed by atoms with Crippen LogP contribution in [-0.2, 0) is 23.4 Å². The minimum atomic E-state index is -1.08. The third-order valence-electron chi connectivity index (χ3n) is 4.89. The molecule has 4 rings (SSSR count). The van der Waals surface area contributed by atoms with E-state index in [1.807, 2.05) is 24.3 Å². The molecule has 0 aliphatic carbocycles. The molecule has 136 valence electrons. The lowest BCUT2D eigenvalue weighted by Crippen LogP contribution is -2.47. The van der Waals surface area contributed by atoms with Crippen molar-refractivity contribution in [2.75, 3.05) is 6.61 Å². The number of benzene rings is 1. The second-order valence-corrected chi connectivity index (χ2v) is 6.49. The molecular weight excluding hydrogens is 336 g/mol. The minimum Gasteiger partial charge on any atom is -0.493 e. The van der Waals surface area contributed by atoms with E-state index in [-0.39, 0.29) is 12.5 Å². The molecule has 0 radical (unpaired) electrons. The van der Waals surface area contributed by atoms with Gasteiger partial charge in [0.25, 0.3) is 5.91 Å². The van der Waals surface area contributed by atoms with Crippen LogP contribution in [0.1, 0.15) is 37.6 Å². The molecule has 9 nitrogen and oxygen atoms in total. The summed E-state index contributed by atoms with van der Waals surface area (Å²) in [5.41, 5.74) is -0.383. The Balaban J connectivity index is 1.62. The summed E-state index contributed by atoms with van der Waals surface area (Å²) in [6.07, 6.45) is 2.32. The van der Waals surface area contributed by atoms with Gasteiger partial charge >= 0.3 is 6.03 Å².